The Bertz CT molecular complexity index is 203. The third-order valence-corrected chi connectivity index (χ3v) is 3.58. The Labute approximate surface area is 102 Å². The van der Waals surface area contributed by atoms with Crippen LogP contribution in [0.5, 0.6) is 0 Å². The third kappa shape index (κ3) is 7.63. The van der Waals surface area contributed by atoms with Crippen molar-refractivity contribution in [2.24, 2.45) is 5.92 Å². The highest BCUT2D eigenvalue weighted by Gasteiger charge is 2.25. The van der Waals surface area contributed by atoms with Crippen molar-refractivity contribution in [3.63, 3.8) is 0 Å². The van der Waals surface area contributed by atoms with Crippen molar-refractivity contribution in [1.82, 2.24) is 5.32 Å². The van der Waals surface area contributed by atoms with E-state index in [1.54, 1.807) is 0 Å². The maximum atomic E-state index is 11.9. The van der Waals surface area contributed by atoms with Crippen LogP contribution in [0.25, 0.3) is 0 Å². The summed E-state index contributed by atoms with van der Waals surface area (Å²) in [4.78, 5) is 0. The van der Waals surface area contributed by atoms with E-state index in [9.17, 15) is 13.2 Å². The van der Waals surface area contributed by atoms with Gasteiger partial charge in [0, 0.05) is 12.5 Å². The Morgan fingerprint density at radius 3 is 2.53 bits per heavy atom. The molecule has 0 aromatic heterocycles. The van der Waals surface area contributed by atoms with Gasteiger partial charge in [-0.05, 0) is 44.6 Å². The molecule has 17 heavy (non-hydrogen) atoms. The van der Waals surface area contributed by atoms with Gasteiger partial charge in [-0.2, -0.15) is 13.2 Å². The van der Waals surface area contributed by atoms with Gasteiger partial charge in [0.1, 0.15) is 0 Å². The zero-order chi connectivity index (χ0) is 12.7. The molecular weight excluding hydrogens is 227 g/mol. The number of rotatable bonds is 5. The summed E-state index contributed by atoms with van der Waals surface area (Å²) >= 11 is 0. The molecule has 0 radical (unpaired) electrons. The second-order valence-electron chi connectivity index (χ2n) is 5.34. The van der Waals surface area contributed by atoms with E-state index in [1.807, 2.05) is 0 Å². The molecule has 1 nitrogen and oxygen atoms in total. The van der Waals surface area contributed by atoms with Crippen molar-refractivity contribution < 1.29 is 13.2 Å². The van der Waals surface area contributed by atoms with E-state index in [0.717, 1.165) is 12.5 Å². The summed E-state index contributed by atoms with van der Waals surface area (Å²) in [5.41, 5.74) is 0. The second kappa shape index (κ2) is 7.24. The van der Waals surface area contributed by atoms with Crippen LogP contribution in [-0.4, -0.2) is 18.8 Å². The Morgan fingerprint density at radius 1 is 1.06 bits per heavy atom. The van der Waals surface area contributed by atoms with Crippen LogP contribution in [0.4, 0.5) is 13.2 Å². The van der Waals surface area contributed by atoms with Gasteiger partial charge >= 0.3 is 6.18 Å². The third-order valence-electron chi connectivity index (χ3n) is 3.58. The molecule has 2 atom stereocenters. The summed E-state index contributed by atoms with van der Waals surface area (Å²) in [7, 11) is 0. The Morgan fingerprint density at radius 2 is 1.82 bits per heavy atom. The van der Waals surface area contributed by atoms with E-state index >= 15 is 0 Å². The first-order valence-corrected chi connectivity index (χ1v) is 6.77. The zero-order valence-corrected chi connectivity index (χ0v) is 10.7. The second-order valence-corrected chi connectivity index (χ2v) is 5.34. The molecule has 1 N–H and O–H groups in total. The number of halogens is 3. The van der Waals surface area contributed by atoms with Crippen molar-refractivity contribution in [3.05, 3.63) is 0 Å². The molecule has 4 heteroatoms. The fourth-order valence-corrected chi connectivity index (χ4v) is 2.45. The first-order valence-electron chi connectivity index (χ1n) is 6.77. The Kier molecular flexibility index (Phi) is 6.31. The quantitative estimate of drug-likeness (QED) is 0.568. The SMILES string of the molecule is CC1CCCC(NCCCCC(F)(F)F)CC1. The molecule has 0 bridgehead atoms. The smallest absolute Gasteiger partial charge is 0.314 e. The van der Waals surface area contributed by atoms with Gasteiger partial charge in [0.25, 0.3) is 0 Å². The summed E-state index contributed by atoms with van der Waals surface area (Å²) in [5.74, 6) is 0.812. The minimum Gasteiger partial charge on any atom is -0.314 e. The van der Waals surface area contributed by atoms with E-state index in [2.05, 4.69) is 12.2 Å². The van der Waals surface area contributed by atoms with Crippen LogP contribution in [0.15, 0.2) is 0 Å². The van der Waals surface area contributed by atoms with Crippen LogP contribution in [0.3, 0.4) is 0 Å². The first-order chi connectivity index (χ1) is 7.97. The molecule has 0 aliphatic heterocycles. The molecule has 1 aliphatic carbocycles. The Hall–Kier alpha value is -0.250. The van der Waals surface area contributed by atoms with Gasteiger partial charge in [-0.1, -0.05) is 19.8 Å². The molecule has 0 heterocycles. The van der Waals surface area contributed by atoms with E-state index < -0.39 is 12.6 Å². The minimum atomic E-state index is -3.99. The maximum absolute atomic E-state index is 11.9. The molecular formula is C13H24F3N. The lowest BCUT2D eigenvalue weighted by molar-refractivity contribution is -0.135. The maximum Gasteiger partial charge on any atom is 0.389 e. The molecule has 0 amide bonds. The van der Waals surface area contributed by atoms with Crippen LogP contribution in [0, 0.1) is 5.92 Å². The molecule has 102 valence electrons. The Balaban J connectivity index is 2.02. The van der Waals surface area contributed by atoms with Crippen LogP contribution < -0.4 is 5.32 Å². The highest BCUT2D eigenvalue weighted by Crippen LogP contribution is 2.23. The van der Waals surface area contributed by atoms with Gasteiger partial charge in [-0.3, -0.25) is 0 Å². The largest absolute Gasteiger partial charge is 0.389 e. The lowest BCUT2D eigenvalue weighted by atomic mass is 10.0. The van der Waals surface area contributed by atoms with Gasteiger partial charge in [0.05, 0.1) is 0 Å². The van der Waals surface area contributed by atoms with E-state index in [-0.39, 0.29) is 6.42 Å². The van der Waals surface area contributed by atoms with E-state index in [4.69, 9.17) is 0 Å². The number of hydrogen-bond donors (Lipinski definition) is 1. The molecule has 1 rings (SSSR count). The van der Waals surface area contributed by atoms with Crippen LogP contribution in [0.2, 0.25) is 0 Å². The van der Waals surface area contributed by atoms with Crippen LogP contribution >= 0.6 is 0 Å². The number of alkyl halides is 3. The predicted molar refractivity (Wildman–Crippen MR) is 63.9 cm³/mol. The fourth-order valence-electron chi connectivity index (χ4n) is 2.45. The minimum absolute atomic E-state index is 0.250. The lowest BCUT2D eigenvalue weighted by Crippen LogP contribution is -2.29. The molecule has 0 aromatic rings. The summed E-state index contributed by atoms with van der Waals surface area (Å²) in [6.07, 6.45) is 2.41. The standard InChI is InChI=1S/C13H24F3N/c1-11-5-4-6-12(8-7-11)17-10-3-2-9-13(14,15)16/h11-12,17H,2-10H2,1H3. The van der Waals surface area contributed by atoms with Crippen molar-refractivity contribution in [3.8, 4) is 0 Å². The van der Waals surface area contributed by atoms with Crippen LogP contribution in [0.1, 0.15) is 58.3 Å². The molecule has 2 unspecified atom stereocenters. The van der Waals surface area contributed by atoms with Gasteiger partial charge in [-0.15, -0.1) is 0 Å². The monoisotopic (exact) mass is 251 g/mol. The number of hydrogen-bond acceptors (Lipinski definition) is 1. The molecule has 0 aromatic carbocycles. The first kappa shape index (κ1) is 14.8. The fraction of sp³-hybridized carbons (Fsp3) is 1.00. The van der Waals surface area contributed by atoms with Crippen LogP contribution in [-0.2, 0) is 0 Å². The highest BCUT2D eigenvalue weighted by molar-refractivity contribution is 4.73. The normalized spacial score (nSPS) is 26.8. The predicted octanol–water partition coefficient (Wildman–Crippen LogP) is 4.28. The highest BCUT2D eigenvalue weighted by atomic mass is 19.4. The summed E-state index contributed by atoms with van der Waals surface area (Å²) in [5, 5.41) is 3.40. The molecule has 1 fully saturated rings. The molecule has 1 aliphatic rings. The van der Waals surface area contributed by atoms with Crippen molar-refractivity contribution in [2.75, 3.05) is 6.54 Å². The van der Waals surface area contributed by atoms with Gasteiger partial charge in [0.15, 0.2) is 0 Å². The van der Waals surface area contributed by atoms with Gasteiger partial charge in [0.2, 0.25) is 0 Å². The molecule has 0 spiro atoms. The average Bonchev–Trinajstić information content (AvgIpc) is 2.41. The number of unbranched alkanes of at least 4 members (excludes halogenated alkanes) is 1. The van der Waals surface area contributed by atoms with E-state index in [0.29, 0.717) is 12.5 Å². The molecule has 1 saturated carbocycles. The van der Waals surface area contributed by atoms with Crippen molar-refractivity contribution >= 4 is 0 Å². The van der Waals surface area contributed by atoms with Crippen molar-refractivity contribution in [2.45, 2.75) is 70.5 Å². The number of nitrogens with one attached hydrogen (secondary N) is 1. The van der Waals surface area contributed by atoms with Crippen molar-refractivity contribution in [1.29, 1.82) is 0 Å². The lowest BCUT2D eigenvalue weighted by Gasteiger charge is -2.16. The summed E-state index contributed by atoms with van der Waals surface area (Å²) in [6, 6.07) is 0.533. The summed E-state index contributed by atoms with van der Waals surface area (Å²) < 4.78 is 35.7. The summed E-state index contributed by atoms with van der Waals surface area (Å²) in [6.45, 7) is 3.01. The van der Waals surface area contributed by atoms with E-state index in [1.165, 1.54) is 32.1 Å². The van der Waals surface area contributed by atoms with Gasteiger partial charge in [-0.25, -0.2) is 0 Å². The zero-order valence-electron chi connectivity index (χ0n) is 10.7. The molecule has 0 saturated heterocycles. The average molecular weight is 251 g/mol. The topological polar surface area (TPSA) is 12.0 Å². The van der Waals surface area contributed by atoms with Gasteiger partial charge < -0.3 is 5.32 Å².